The van der Waals surface area contributed by atoms with E-state index in [0.717, 1.165) is 18.4 Å². The Bertz CT molecular complexity index is 526. The third-order valence-electron chi connectivity index (χ3n) is 2.93. The first-order valence-corrected chi connectivity index (χ1v) is 8.00. The topological polar surface area (TPSA) is 46.2 Å². The third-order valence-corrected chi connectivity index (χ3v) is 4.46. The van der Waals surface area contributed by atoms with E-state index in [4.69, 9.17) is 6.42 Å². The van der Waals surface area contributed by atoms with E-state index in [1.807, 2.05) is 13.8 Å². The Morgan fingerprint density at radius 1 is 1.26 bits per heavy atom. The van der Waals surface area contributed by atoms with E-state index in [2.05, 4.69) is 10.6 Å². The Morgan fingerprint density at radius 3 is 2.42 bits per heavy atom. The quantitative estimate of drug-likeness (QED) is 0.780. The highest BCUT2D eigenvalue weighted by Gasteiger charge is 2.18. The van der Waals surface area contributed by atoms with Gasteiger partial charge in [0.1, 0.15) is 0 Å². The van der Waals surface area contributed by atoms with Crippen molar-refractivity contribution < 1.29 is 8.42 Å². The summed E-state index contributed by atoms with van der Waals surface area (Å²) in [6, 6.07) is 6.76. The van der Waals surface area contributed by atoms with Crippen molar-refractivity contribution in [3.8, 4) is 12.3 Å². The van der Waals surface area contributed by atoms with E-state index in [9.17, 15) is 8.42 Å². The Balaban J connectivity index is 2.81. The van der Waals surface area contributed by atoms with Gasteiger partial charge in [-0.15, -0.1) is 12.3 Å². The maximum absolute atomic E-state index is 12.2. The molecule has 0 aliphatic heterocycles. The monoisotopic (exact) mass is 279 g/mol. The Hall–Kier alpha value is -1.31. The second-order valence-corrected chi connectivity index (χ2v) is 6.38. The molecule has 0 saturated heterocycles. The molecule has 0 radical (unpaired) electrons. The zero-order chi connectivity index (χ0) is 14.3. The fraction of sp³-hybridized carbons (Fsp3) is 0.467. The summed E-state index contributed by atoms with van der Waals surface area (Å²) >= 11 is 0. The van der Waals surface area contributed by atoms with Crippen molar-refractivity contribution in [3.63, 3.8) is 0 Å². The van der Waals surface area contributed by atoms with E-state index in [1.54, 1.807) is 24.3 Å². The first-order chi connectivity index (χ1) is 8.99. The minimum Gasteiger partial charge on any atom is -0.208 e. The smallest absolute Gasteiger partial charge is 0.208 e. The molecule has 0 aliphatic carbocycles. The summed E-state index contributed by atoms with van der Waals surface area (Å²) in [6.07, 6.45) is 8.22. The molecule has 3 nitrogen and oxygen atoms in total. The van der Waals surface area contributed by atoms with Crippen LogP contribution in [-0.2, 0) is 10.0 Å². The summed E-state index contributed by atoms with van der Waals surface area (Å²) in [6.45, 7) is 3.96. The molecule has 1 aromatic rings. The molecule has 1 aromatic carbocycles. The van der Waals surface area contributed by atoms with Gasteiger partial charge in [0.15, 0.2) is 0 Å². The van der Waals surface area contributed by atoms with Crippen LogP contribution in [0.3, 0.4) is 0 Å². The Morgan fingerprint density at radius 2 is 1.89 bits per heavy atom. The Labute approximate surface area is 116 Å². The molecule has 0 aliphatic rings. The summed E-state index contributed by atoms with van der Waals surface area (Å²) < 4.78 is 27.2. The molecule has 1 rings (SSSR count). The van der Waals surface area contributed by atoms with Crippen molar-refractivity contribution >= 4 is 10.0 Å². The normalized spacial score (nSPS) is 12.9. The summed E-state index contributed by atoms with van der Waals surface area (Å²) in [5.74, 6) is 2.55. The van der Waals surface area contributed by atoms with Gasteiger partial charge in [-0.2, -0.15) is 0 Å². The first kappa shape index (κ1) is 15.7. The van der Waals surface area contributed by atoms with Crippen LogP contribution in [0.5, 0.6) is 0 Å². The fourth-order valence-electron chi connectivity index (χ4n) is 1.87. The molecule has 1 atom stereocenters. The van der Waals surface area contributed by atoms with E-state index < -0.39 is 10.0 Å². The zero-order valence-electron chi connectivity index (χ0n) is 11.5. The Kier molecular flexibility index (Phi) is 6.07. The van der Waals surface area contributed by atoms with Crippen molar-refractivity contribution in [2.45, 2.75) is 50.5 Å². The van der Waals surface area contributed by atoms with Crippen LogP contribution in [0.15, 0.2) is 29.2 Å². The number of sulfonamides is 1. The maximum atomic E-state index is 12.2. The van der Waals surface area contributed by atoms with Gasteiger partial charge >= 0.3 is 0 Å². The van der Waals surface area contributed by atoms with Crippen LogP contribution in [0.4, 0.5) is 0 Å². The van der Waals surface area contributed by atoms with Gasteiger partial charge in [0.05, 0.1) is 4.90 Å². The van der Waals surface area contributed by atoms with Crippen LogP contribution in [0.1, 0.15) is 38.2 Å². The lowest BCUT2D eigenvalue weighted by molar-refractivity contribution is 0.503. The molecule has 0 heterocycles. The molecule has 0 spiro atoms. The van der Waals surface area contributed by atoms with Crippen LogP contribution in [0.25, 0.3) is 0 Å². The standard InChI is InChI=1S/C15H21NO2S/c1-4-6-8-14(7-5-2)16-19(17,18)15-11-9-13(3)10-12-15/h1,9-12,14,16H,5-8H2,2-3H3/t14-/m0/s1. The predicted octanol–water partition coefficient (Wildman–Crippen LogP) is 2.86. The molecular formula is C15H21NO2S. The van der Waals surface area contributed by atoms with Crippen LogP contribution >= 0.6 is 0 Å². The van der Waals surface area contributed by atoms with Gasteiger partial charge in [0.2, 0.25) is 10.0 Å². The summed E-state index contributed by atoms with van der Waals surface area (Å²) in [4.78, 5) is 0.305. The maximum Gasteiger partial charge on any atom is 0.240 e. The first-order valence-electron chi connectivity index (χ1n) is 6.52. The minimum atomic E-state index is -3.45. The average molecular weight is 279 g/mol. The van der Waals surface area contributed by atoms with E-state index >= 15 is 0 Å². The zero-order valence-corrected chi connectivity index (χ0v) is 12.3. The summed E-state index contributed by atoms with van der Waals surface area (Å²) in [5.41, 5.74) is 1.04. The fourth-order valence-corrected chi connectivity index (χ4v) is 3.18. The van der Waals surface area contributed by atoms with Gasteiger partial charge in [-0.25, -0.2) is 13.1 Å². The second-order valence-electron chi connectivity index (χ2n) is 4.66. The molecule has 0 saturated carbocycles. The van der Waals surface area contributed by atoms with Gasteiger partial charge in [-0.1, -0.05) is 31.0 Å². The number of aryl methyl sites for hydroxylation is 1. The molecule has 0 fully saturated rings. The molecule has 104 valence electrons. The van der Waals surface area contributed by atoms with Gasteiger partial charge < -0.3 is 0 Å². The molecule has 0 unspecified atom stereocenters. The summed E-state index contributed by atoms with van der Waals surface area (Å²) in [7, 11) is -3.45. The highest BCUT2D eigenvalue weighted by Crippen LogP contribution is 2.13. The molecule has 4 heteroatoms. The molecular weight excluding hydrogens is 258 g/mol. The lowest BCUT2D eigenvalue weighted by Gasteiger charge is -2.17. The van der Waals surface area contributed by atoms with Crippen LogP contribution < -0.4 is 4.72 Å². The van der Waals surface area contributed by atoms with Gasteiger partial charge in [-0.05, 0) is 31.9 Å². The van der Waals surface area contributed by atoms with Gasteiger partial charge in [0, 0.05) is 12.5 Å². The number of hydrogen-bond donors (Lipinski definition) is 1. The molecule has 0 amide bonds. The SMILES string of the molecule is C#CCC[C@H](CCC)NS(=O)(=O)c1ccc(C)cc1. The lowest BCUT2D eigenvalue weighted by atomic mass is 10.1. The molecule has 0 bridgehead atoms. The molecule has 0 aromatic heterocycles. The lowest BCUT2D eigenvalue weighted by Crippen LogP contribution is -2.34. The van der Waals surface area contributed by atoms with E-state index in [0.29, 0.717) is 17.7 Å². The van der Waals surface area contributed by atoms with Crippen molar-refractivity contribution in [2.24, 2.45) is 0 Å². The third kappa shape index (κ3) is 5.06. The molecule has 19 heavy (non-hydrogen) atoms. The number of benzene rings is 1. The minimum absolute atomic E-state index is 0.0904. The van der Waals surface area contributed by atoms with Crippen molar-refractivity contribution in [1.29, 1.82) is 0 Å². The number of rotatable bonds is 7. The second kappa shape index (κ2) is 7.32. The van der Waals surface area contributed by atoms with Crippen LogP contribution in [0.2, 0.25) is 0 Å². The number of hydrogen-bond acceptors (Lipinski definition) is 2. The van der Waals surface area contributed by atoms with Gasteiger partial charge in [-0.3, -0.25) is 0 Å². The largest absolute Gasteiger partial charge is 0.240 e. The van der Waals surface area contributed by atoms with Crippen molar-refractivity contribution in [1.82, 2.24) is 4.72 Å². The van der Waals surface area contributed by atoms with Crippen molar-refractivity contribution in [3.05, 3.63) is 29.8 Å². The molecule has 1 N–H and O–H groups in total. The predicted molar refractivity (Wildman–Crippen MR) is 78.3 cm³/mol. The number of terminal acetylenes is 1. The van der Waals surface area contributed by atoms with E-state index in [1.165, 1.54) is 0 Å². The van der Waals surface area contributed by atoms with Crippen LogP contribution in [0, 0.1) is 19.3 Å². The summed E-state index contributed by atoms with van der Waals surface area (Å²) in [5, 5.41) is 0. The highest BCUT2D eigenvalue weighted by molar-refractivity contribution is 7.89. The number of nitrogens with one attached hydrogen (secondary N) is 1. The highest BCUT2D eigenvalue weighted by atomic mass is 32.2. The van der Waals surface area contributed by atoms with Crippen molar-refractivity contribution in [2.75, 3.05) is 0 Å². The van der Waals surface area contributed by atoms with Gasteiger partial charge in [0.25, 0.3) is 0 Å². The average Bonchev–Trinajstić information content (AvgIpc) is 2.36. The van der Waals surface area contributed by atoms with E-state index in [-0.39, 0.29) is 6.04 Å². The van der Waals surface area contributed by atoms with Crippen LogP contribution in [-0.4, -0.2) is 14.5 Å².